The Morgan fingerprint density at radius 2 is 1.94 bits per heavy atom. The highest BCUT2D eigenvalue weighted by Crippen LogP contribution is 2.41. The molecule has 16 heavy (non-hydrogen) atoms. The molecular formula is C10H9F3O3. The average Bonchev–Trinajstić information content (AvgIpc) is 2.15. The molecule has 0 saturated carbocycles. The lowest BCUT2D eigenvalue weighted by atomic mass is 10.2. The lowest BCUT2D eigenvalue weighted by Gasteiger charge is -2.14. The predicted octanol–water partition coefficient (Wildman–Crippen LogP) is 2.64. The number of halogens is 3. The molecule has 0 radical (unpaired) electrons. The van der Waals surface area contributed by atoms with E-state index in [4.69, 9.17) is 0 Å². The molecule has 0 aliphatic carbocycles. The first-order valence-electron chi connectivity index (χ1n) is 4.29. The van der Waals surface area contributed by atoms with Crippen LogP contribution in [-0.4, -0.2) is 13.1 Å². The van der Waals surface area contributed by atoms with E-state index < -0.39 is 23.5 Å². The number of para-hydroxylation sites is 1. The average molecular weight is 234 g/mol. The molecule has 1 rings (SSSR count). The van der Waals surface area contributed by atoms with Gasteiger partial charge in [0.2, 0.25) is 0 Å². The zero-order valence-corrected chi connectivity index (χ0v) is 8.59. The fraction of sp³-hybridized carbons (Fsp3) is 0.300. The molecule has 3 nitrogen and oxygen atoms in total. The van der Waals surface area contributed by atoms with Crippen molar-refractivity contribution in [3.05, 3.63) is 23.8 Å². The Morgan fingerprint density at radius 3 is 2.38 bits per heavy atom. The van der Waals surface area contributed by atoms with Crippen LogP contribution in [0.2, 0.25) is 0 Å². The molecule has 88 valence electrons. The largest absolute Gasteiger partial charge is 0.492 e. The summed E-state index contributed by atoms with van der Waals surface area (Å²) >= 11 is 0. The minimum absolute atomic E-state index is 0.246. The molecule has 0 amide bonds. The van der Waals surface area contributed by atoms with Crippen LogP contribution >= 0.6 is 0 Å². The highest BCUT2D eigenvalue weighted by Gasteiger charge is 2.35. The van der Waals surface area contributed by atoms with Gasteiger partial charge in [-0.2, -0.15) is 13.2 Å². The van der Waals surface area contributed by atoms with Crippen molar-refractivity contribution >= 4 is 5.97 Å². The molecule has 0 bridgehead atoms. The van der Waals surface area contributed by atoms with Gasteiger partial charge in [0.15, 0.2) is 11.5 Å². The second-order valence-electron chi connectivity index (χ2n) is 2.93. The maximum absolute atomic E-state index is 12.5. The molecule has 0 aliphatic heterocycles. The van der Waals surface area contributed by atoms with Gasteiger partial charge >= 0.3 is 12.1 Å². The third-order valence-electron chi connectivity index (χ3n) is 1.74. The smallest absolute Gasteiger partial charge is 0.420 e. The first-order valence-corrected chi connectivity index (χ1v) is 4.29. The molecule has 0 heterocycles. The molecule has 0 fully saturated rings. The molecule has 0 aliphatic rings. The maximum atomic E-state index is 12.5. The maximum Gasteiger partial charge on any atom is 0.420 e. The quantitative estimate of drug-likeness (QED) is 0.583. The van der Waals surface area contributed by atoms with E-state index in [9.17, 15) is 18.0 Å². The highest BCUT2D eigenvalue weighted by molar-refractivity contribution is 5.70. The normalized spacial score (nSPS) is 11.1. The van der Waals surface area contributed by atoms with E-state index in [1.54, 1.807) is 0 Å². The number of carbonyl (C=O) groups excluding carboxylic acids is 1. The lowest BCUT2D eigenvalue weighted by Crippen LogP contribution is -2.10. The Hall–Kier alpha value is -1.72. The molecule has 0 saturated heterocycles. The van der Waals surface area contributed by atoms with E-state index in [1.165, 1.54) is 6.07 Å². The SMILES string of the molecule is COc1c(OC(C)=O)cccc1C(F)(F)F. The standard InChI is InChI=1S/C10H9F3O3/c1-6(14)16-8-5-3-4-7(9(8)15-2)10(11,12)13/h3-5H,1-2H3. The number of methoxy groups -OCH3 is 1. The zero-order chi connectivity index (χ0) is 12.3. The van der Waals surface area contributed by atoms with Crippen molar-refractivity contribution in [3.8, 4) is 11.5 Å². The number of alkyl halides is 3. The molecule has 6 heteroatoms. The van der Waals surface area contributed by atoms with Crippen molar-refractivity contribution in [2.75, 3.05) is 7.11 Å². The summed E-state index contributed by atoms with van der Waals surface area (Å²) in [5.41, 5.74) is -0.978. The molecule has 0 unspecified atom stereocenters. The third-order valence-corrected chi connectivity index (χ3v) is 1.74. The minimum atomic E-state index is -4.55. The van der Waals surface area contributed by atoms with E-state index in [2.05, 4.69) is 9.47 Å². The third kappa shape index (κ3) is 2.65. The van der Waals surface area contributed by atoms with Crippen molar-refractivity contribution in [2.45, 2.75) is 13.1 Å². The lowest BCUT2D eigenvalue weighted by molar-refractivity contribution is -0.139. The minimum Gasteiger partial charge on any atom is -0.492 e. The molecule has 1 aromatic rings. The number of rotatable bonds is 2. The van der Waals surface area contributed by atoms with Gasteiger partial charge in [0.25, 0.3) is 0 Å². The Kier molecular flexibility index (Phi) is 3.41. The Morgan fingerprint density at radius 1 is 1.31 bits per heavy atom. The van der Waals surface area contributed by atoms with Crippen molar-refractivity contribution in [3.63, 3.8) is 0 Å². The summed E-state index contributed by atoms with van der Waals surface area (Å²) in [6, 6.07) is 3.23. The number of ether oxygens (including phenoxy) is 2. The zero-order valence-electron chi connectivity index (χ0n) is 8.59. The summed E-state index contributed by atoms with van der Waals surface area (Å²) < 4.78 is 46.8. The van der Waals surface area contributed by atoms with Crippen LogP contribution in [0.4, 0.5) is 13.2 Å². The first kappa shape index (κ1) is 12.4. The Bertz CT molecular complexity index is 399. The van der Waals surface area contributed by atoms with Crippen LogP contribution in [0.15, 0.2) is 18.2 Å². The summed E-state index contributed by atoms with van der Waals surface area (Å²) in [6.45, 7) is 1.10. The summed E-state index contributed by atoms with van der Waals surface area (Å²) in [4.78, 5) is 10.7. The van der Waals surface area contributed by atoms with Gasteiger partial charge in [-0.15, -0.1) is 0 Å². The predicted molar refractivity (Wildman–Crippen MR) is 49.3 cm³/mol. The molecular weight excluding hydrogens is 225 g/mol. The molecule has 0 aromatic heterocycles. The van der Waals surface area contributed by atoms with Crippen LogP contribution < -0.4 is 9.47 Å². The van der Waals surface area contributed by atoms with Crippen molar-refractivity contribution in [2.24, 2.45) is 0 Å². The van der Waals surface area contributed by atoms with Crippen LogP contribution in [0.5, 0.6) is 11.5 Å². The Labute approximate surface area is 89.8 Å². The van der Waals surface area contributed by atoms with Gasteiger partial charge in [-0.3, -0.25) is 4.79 Å². The van der Waals surface area contributed by atoms with Crippen LogP contribution in [0.25, 0.3) is 0 Å². The van der Waals surface area contributed by atoms with Crippen LogP contribution in [0.3, 0.4) is 0 Å². The van der Waals surface area contributed by atoms with Crippen LogP contribution in [-0.2, 0) is 11.0 Å². The van der Waals surface area contributed by atoms with Gasteiger partial charge in [0.05, 0.1) is 7.11 Å². The summed E-state index contributed by atoms with van der Waals surface area (Å²) in [5.74, 6) is -1.45. The summed E-state index contributed by atoms with van der Waals surface area (Å²) in [7, 11) is 1.08. The Balaban J connectivity index is 3.26. The fourth-order valence-electron chi connectivity index (χ4n) is 1.18. The number of esters is 1. The summed E-state index contributed by atoms with van der Waals surface area (Å²) in [5, 5.41) is 0. The topological polar surface area (TPSA) is 35.5 Å². The van der Waals surface area contributed by atoms with E-state index in [1.807, 2.05) is 0 Å². The molecule has 0 N–H and O–H groups in total. The monoisotopic (exact) mass is 234 g/mol. The molecule has 1 aromatic carbocycles. The van der Waals surface area contributed by atoms with Gasteiger partial charge < -0.3 is 9.47 Å². The number of hydrogen-bond donors (Lipinski definition) is 0. The van der Waals surface area contributed by atoms with E-state index in [0.717, 1.165) is 26.2 Å². The second kappa shape index (κ2) is 4.42. The fourth-order valence-corrected chi connectivity index (χ4v) is 1.18. The van der Waals surface area contributed by atoms with Crippen LogP contribution in [0.1, 0.15) is 12.5 Å². The van der Waals surface area contributed by atoms with Gasteiger partial charge in [0.1, 0.15) is 5.56 Å². The van der Waals surface area contributed by atoms with Gasteiger partial charge in [-0.1, -0.05) is 6.07 Å². The van der Waals surface area contributed by atoms with E-state index in [-0.39, 0.29) is 5.75 Å². The van der Waals surface area contributed by atoms with Crippen molar-refractivity contribution < 1.29 is 27.4 Å². The highest BCUT2D eigenvalue weighted by atomic mass is 19.4. The van der Waals surface area contributed by atoms with Crippen molar-refractivity contribution in [1.29, 1.82) is 0 Å². The van der Waals surface area contributed by atoms with Crippen molar-refractivity contribution in [1.82, 2.24) is 0 Å². The van der Waals surface area contributed by atoms with Gasteiger partial charge in [-0.05, 0) is 12.1 Å². The van der Waals surface area contributed by atoms with E-state index in [0.29, 0.717) is 0 Å². The summed E-state index contributed by atoms with van der Waals surface area (Å²) in [6.07, 6.45) is -4.55. The van der Waals surface area contributed by atoms with Gasteiger partial charge in [0, 0.05) is 6.92 Å². The number of benzene rings is 1. The first-order chi connectivity index (χ1) is 7.36. The van der Waals surface area contributed by atoms with Gasteiger partial charge in [-0.25, -0.2) is 0 Å². The number of carbonyl (C=O) groups is 1. The second-order valence-corrected chi connectivity index (χ2v) is 2.93. The molecule has 0 spiro atoms. The van der Waals surface area contributed by atoms with E-state index >= 15 is 0 Å². The number of hydrogen-bond acceptors (Lipinski definition) is 3. The molecule has 0 atom stereocenters. The van der Waals surface area contributed by atoms with Crippen LogP contribution in [0, 0.1) is 0 Å².